The number of aryl methyl sites for hydroxylation is 1. The zero-order valence-corrected chi connectivity index (χ0v) is 13.3. The average molecular weight is 319 g/mol. The van der Waals surface area contributed by atoms with Crippen molar-refractivity contribution in [3.63, 3.8) is 0 Å². The van der Waals surface area contributed by atoms with Crippen molar-refractivity contribution in [3.05, 3.63) is 65.9 Å². The zero-order valence-electron chi connectivity index (χ0n) is 13.3. The Kier molecular flexibility index (Phi) is 3.38. The third-order valence-electron chi connectivity index (χ3n) is 4.55. The van der Waals surface area contributed by atoms with Gasteiger partial charge in [-0.3, -0.25) is 0 Å². The summed E-state index contributed by atoms with van der Waals surface area (Å²) in [4.78, 5) is 12.2. The highest BCUT2D eigenvalue weighted by Gasteiger charge is 2.26. The molecule has 0 aliphatic carbocycles. The van der Waals surface area contributed by atoms with Gasteiger partial charge >= 0.3 is 5.97 Å². The number of benzene rings is 2. The lowest BCUT2D eigenvalue weighted by Crippen LogP contribution is -2.16. The number of fused-ring (bicyclic) bond motifs is 3. The summed E-state index contributed by atoms with van der Waals surface area (Å²) in [6.45, 7) is 0.745. The van der Waals surface area contributed by atoms with Crippen LogP contribution in [0.2, 0.25) is 0 Å². The van der Waals surface area contributed by atoms with Crippen LogP contribution in [0, 0.1) is 0 Å². The Labute approximate surface area is 139 Å². The molecule has 0 fully saturated rings. The number of phenolic OH excluding ortho intramolecular Hbond substituents is 1. The second-order valence-electron chi connectivity index (χ2n) is 5.89. The number of carbonyl (C=O) groups is 1. The molecule has 1 aliphatic rings. The van der Waals surface area contributed by atoms with Crippen LogP contribution in [0.25, 0.3) is 22.4 Å². The van der Waals surface area contributed by atoms with Gasteiger partial charge in [0.05, 0.1) is 12.8 Å². The predicted molar refractivity (Wildman–Crippen MR) is 92.0 cm³/mol. The fourth-order valence-corrected chi connectivity index (χ4v) is 3.41. The number of hydrogen-bond donors (Lipinski definition) is 1. The van der Waals surface area contributed by atoms with Gasteiger partial charge < -0.3 is 14.4 Å². The third-order valence-corrected chi connectivity index (χ3v) is 4.55. The normalized spacial score (nSPS) is 12.4. The molecule has 0 amide bonds. The van der Waals surface area contributed by atoms with Crippen LogP contribution < -0.4 is 0 Å². The van der Waals surface area contributed by atoms with Crippen molar-refractivity contribution in [1.29, 1.82) is 0 Å². The van der Waals surface area contributed by atoms with Gasteiger partial charge in [0.1, 0.15) is 11.4 Å². The van der Waals surface area contributed by atoms with Crippen molar-refractivity contribution in [1.82, 2.24) is 4.57 Å². The first-order valence-corrected chi connectivity index (χ1v) is 7.88. The van der Waals surface area contributed by atoms with E-state index >= 15 is 0 Å². The van der Waals surface area contributed by atoms with Crippen molar-refractivity contribution in [3.8, 4) is 28.1 Å². The van der Waals surface area contributed by atoms with E-state index in [4.69, 9.17) is 4.74 Å². The maximum absolute atomic E-state index is 12.2. The van der Waals surface area contributed by atoms with E-state index in [9.17, 15) is 9.90 Å². The summed E-state index contributed by atoms with van der Waals surface area (Å²) in [5.74, 6) is -0.110. The first-order valence-electron chi connectivity index (χ1n) is 7.88. The van der Waals surface area contributed by atoms with Gasteiger partial charge in [-0.1, -0.05) is 36.4 Å². The van der Waals surface area contributed by atoms with Crippen LogP contribution in [-0.2, 0) is 17.7 Å². The molecule has 2 heterocycles. The number of aromatic nitrogens is 1. The van der Waals surface area contributed by atoms with E-state index in [0.717, 1.165) is 35.3 Å². The monoisotopic (exact) mass is 319 g/mol. The standard InChI is InChI=1S/C20H17NO3/c1-24-20(23)18-12-17(14-6-8-15(22)9-7-14)19-16-5-3-2-4-13(16)10-11-21(18)19/h2-9,12,22H,10-11H2,1H3. The number of esters is 1. The second kappa shape index (κ2) is 5.57. The van der Waals surface area contributed by atoms with Crippen LogP contribution in [0.5, 0.6) is 5.75 Å². The van der Waals surface area contributed by atoms with Crippen molar-refractivity contribution in [2.24, 2.45) is 0 Å². The van der Waals surface area contributed by atoms with Crippen molar-refractivity contribution in [2.45, 2.75) is 13.0 Å². The van der Waals surface area contributed by atoms with Crippen LogP contribution in [-0.4, -0.2) is 22.8 Å². The number of methoxy groups -OCH3 is 1. The molecule has 3 aromatic rings. The summed E-state index contributed by atoms with van der Waals surface area (Å²) in [6.07, 6.45) is 0.886. The smallest absolute Gasteiger partial charge is 0.354 e. The lowest BCUT2D eigenvalue weighted by Gasteiger charge is -2.22. The quantitative estimate of drug-likeness (QED) is 0.730. The maximum atomic E-state index is 12.2. The van der Waals surface area contributed by atoms with E-state index in [-0.39, 0.29) is 11.7 Å². The summed E-state index contributed by atoms with van der Waals surface area (Å²) in [6, 6.07) is 17.2. The van der Waals surface area contributed by atoms with E-state index in [2.05, 4.69) is 12.1 Å². The minimum absolute atomic E-state index is 0.223. The molecule has 120 valence electrons. The third kappa shape index (κ3) is 2.19. The molecular formula is C20H17NO3. The Morgan fingerprint density at radius 1 is 1.08 bits per heavy atom. The number of nitrogens with zero attached hydrogens (tertiary/aromatic N) is 1. The Hall–Kier alpha value is -3.01. The summed E-state index contributed by atoms with van der Waals surface area (Å²) < 4.78 is 7.00. The number of rotatable bonds is 2. The van der Waals surface area contributed by atoms with E-state index < -0.39 is 0 Å². The predicted octanol–water partition coefficient (Wildman–Crippen LogP) is 3.87. The molecule has 0 unspecified atom stereocenters. The average Bonchev–Trinajstić information content (AvgIpc) is 3.02. The van der Waals surface area contributed by atoms with Crippen LogP contribution in [0.15, 0.2) is 54.6 Å². The molecule has 0 bridgehead atoms. The summed E-state index contributed by atoms with van der Waals surface area (Å²) in [7, 11) is 1.40. The number of hydrogen-bond acceptors (Lipinski definition) is 3. The number of aromatic hydroxyl groups is 1. The first kappa shape index (κ1) is 14.6. The van der Waals surface area contributed by atoms with Crippen LogP contribution in [0.3, 0.4) is 0 Å². The molecule has 1 aliphatic heterocycles. The largest absolute Gasteiger partial charge is 0.508 e. The molecule has 1 N–H and O–H groups in total. The minimum atomic E-state index is -0.333. The van der Waals surface area contributed by atoms with E-state index in [0.29, 0.717) is 5.69 Å². The van der Waals surface area contributed by atoms with E-state index in [1.807, 2.05) is 34.9 Å². The molecule has 0 saturated heterocycles. The van der Waals surface area contributed by atoms with Gasteiger partial charge in [0.2, 0.25) is 0 Å². The molecule has 0 radical (unpaired) electrons. The molecule has 0 saturated carbocycles. The minimum Gasteiger partial charge on any atom is -0.508 e. The summed E-state index contributed by atoms with van der Waals surface area (Å²) >= 11 is 0. The maximum Gasteiger partial charge on any atom is 0.354 e. The molecular weight excluding hydrogens is 302 g/mol. The molecule has 24 heavy (non-hydrogen) atoms. The highest BCUT2D eigenvalue weighted by atomic mass is 16.5. The Bertz CT molecular complexity index is 923. The highest BCUT2D eigenvalue weighted by molar-refractivity contribution is 5.95. The van der Waals surface area contributed by atoms with Gasteiger partial charge in [-0.15, -0.1) is 0 Å². The SMILES string of the molecule is COC(=O)c1cc(-c2ccc(O)cc2)c2n1CCc1ccccc1-2. The van der Waals surface area contributed by atoms with Crippen LogP contribution >= 0.6 is 0 Å². The summed E-state index contributed by atoms with van der Waals surface area (Å²) in [5, 5.41) is 9.55. The highest BCUT2D eigenvalue weighted by Crippen LogP contribution is 2.40. The first-order chi connectivity index (χ1) is 11.7. The number of phenols is 1. The molecule has 4 nitrogen and oxygen atoms in total. The van der Waals surface area contributed by atoms with Gasteiger partial charge in [0.25, 0.3) is 0 Å². The molecule has 4 heteroatoms. The van der Waals surface area contributed by atoms with Crippen LogP contribution in [0.4, 0.5) is 0 Å². The van der Waals surface area contributed by atoms with E-state index in [1.54, 1.807) is 12.1 Å². The van der Waals surface area contributed by atoms with Gasteiger partial charge in [-0.05, 0) is 35.7 Å². The van der Waals surface area contributed by atoms with Crippen molar-refractivity contribution >= 4 is 5.97 Å². The fourth-order valence-electron chi connectivity index (χ4n) is 3.41. The summed E-state index contributed by atoms with van der Waals surface area (Å²) in [5.41, 5.74) is 5.94. The molecule has 0 atom stereocenters. The zero-order chi connectivity index (χ0) is 16.7. The van der Waals surface area contributed by atoms with Gasteiger partial charge in [-0.2, -0.15) is 0 Å². The molecule has 1 aromatic heterocycles. The molecule has 0 spiro atoms. The molecule has 2 aromatic carbocycles. The fraction of sp³-hybridized carbons (Fsp3) is 0.150. The Morgan fingerprint density at radius 2 is 1.83 bits per heavy atom. The van der Waals surface area contributed by atoms with Gasteiger partial charge in [0, 0.05) is 17.7 Å². The van der Waals surface area contributed by atoms with Gasteiger partial charge in [0.15, 0.2) is 0 Å². The van der Waals surface area contributed by atoms with Crippen LogP contribution in [0.1, 0.15) is 16.1 Å². The number of carbonyl (C=O) groups excluding carboxylic acids is 1. The number of ether oxygens (including phenoxy) is 1. The molecule has 4 rings (SSSR count). The van der Waals surface area contributed by atoms with Crippen molar-refractivity contribution in [2.75, 3.05) is 7.11 Å². The van der Waals surface area contributed by atoms with E-state index in [1.165, 1.54) is 12.7 Å². The lowest BCUT2D eigenvalue weighted by molar-refractivity contribution is 0.0588. The Balaban J connectivity index is 2.00. The second-order valence-corrected chi connectivity index (χ2v) is 5.89. The topological polar surface area (TPSA) is 51.5 Å². The van der Waals surface area contributed by atoms with Gasteiger partial charge in [-0.25, -0.2) is 4.79 Å². The van der Waals surface area contributed by atoms with Crippen molar-refractivity contribution < 1.29 is 14.6 Å². The lowest BCUT2D eigenvalue weighted by atomic mass is 9.94. The Morgan fingerprint density at radius 3 is 2.58 bits per heavy atom.